The molecule has 140 heavy (non-hydrogen) atoms. The zero-order chi connectivity index (χ0) is 99.2. The highest BCUT2D eigenvalue weighted by Gasteiger charge is 2.58. The number of anilines is 4. The number of H-pyrrole nitrogens is 4. The fraction of sp³-hybridized carbons (Fsp3) is 0.537. The van der Waals surface area contributed by atoms with Gasteiger partial charge in [-0.15, -0.1) is 0 Å². The highest BCUT2D eigenvalue weighted by atomic mass is 31.2. The van der Waals surface area contributed by atoms with Crippen molar-refractivity contribution in [2.24, 2.45) is 0 Å². The molecule has 0 aliphatic carbocycles. The number of nitrogens with zero attached hydrogens (tertiary/aromatic N) is 19. The molecule has 21 heterocycles. The second kappa shape index (κ2) is 37.9. The quantitative estimate of drug-likeness (QED) is 0.0698. The molecule has 9 saturated heterocycles. The van der Waals surface area contributed by atoms with Gasteiger partial charge in [-0.1, -0.05) is 0 Å². The molecule has 0 radical (unpaired) electrons. The first-order valence-electron chi connectivity index (χ1n) is 41.3. The highest BCUT2D eigenvalue weighted by Crippen LogP contribution is 2.56. The average molecular weight is 2090 g/mol. The molecule has 12 unspecified atom stereocenters. The number of phosphoric acid groups is 2. The second-order valence-corrected chi connectivity index (χ2v) is 42.5. The van der Waals surface area contributed by atoms with Crippen LogP contribution in [-0.2, 0) is 111 Å². The first-order valence-corrected chi connectivity index (χ1v) is 51.3. The molecule has 12 aromatic rings. The standard InChI is InChI=1S/C23H29N9O14P2.C22H26FN9O12P2.C22H27N9O13P2/c1-8-27-17-11(19(35)28-8)26-5-32(17)22-16-13(33)9(45-22)2-43-47(37,38)6-41-15-10(3-44-48(39,40)7-42-16)46-21(14(15)34)31-4-25-12-18(31)29-23(24)30-20(12)36;23-11-15-10(43-20(11)32-6-28-13-18(32)29-22(25)30-19(13)34)4-40-45(35,36)7-39-16-14(33)9(3-41-46(37,38)44-15)42-21(16)31-5-27-12-8(24)1-2-26-17(12)31;1-8-28-19-12(20(34)29-8)27-6-31(19)21-14(33)15-10(43-21)3-41-46(37,38)44-16-13(32)9(2-40-45(35,36)7-39-15)42-22(16)30-5-26-11-17(23)24-4-25-18(11)30/h4-5,9-10,13-16,21-22,33-34H,2-3,6-7H2,1H3,(H,37,38)(H,39,40)(H,27,28,35)(H3,24,29,30,36);1-2,5-6,9-11,14-16,20-21,33H,3-4,7H2,(H2,24,26)(H,35,36)(H,37,38)(H3,25,29,30,34);4-6,9-10,13-16,21-22,32-33H,2-3,7H2,1H3,(H,35,36)(H,37,38)(H2,23,24,25)(H,28,29,34)/t9-,10-,13+,14?,15+,16?,21-,22-;9-,10-,11?,14+,15+,16?,20-,21-;9-,10-,13+,14?,15+,16?,21-,22-/m111/s1. The predicted octanol–water partition coefficient (Wildman–Crippen LogP) is -4.53. The molecule has 6 bridgehead atoms. The van der Waals surface area contributed by atoms with Crippen molar-refractivity contribution in [1.29, 1.82) is 0 Å². The van der Waals surface area contributed by atoms with Crippen molar-refractivity contribution < 1.29 is 170 Å². The molecular formula is C67H82FN27O39P6. The summed E-state index contributed by atoms with van der Waals surface area (Å²) in [6.45, 7) is -1.37. The van der Waals surface area contributed by atoms with E-state index >= 15 is 4.39 Å². The van der Waals surface area contributed by atoms with Crippen LogP contribution < -0.4 is 45.2 Å². The van der Waals surface area contributed by atoms with Crippen LogP contribution in [0.25, 0.3) is 67.0 Å². The van der Waals surface area contributed by atoms with Gasteiger partial charge in [0.1, 0.15) is 158 Å². The van der Waals surface area contributed by atoms with Crippen LogP contribution in [0.5, 0.6) is 0 Å². The molecule has 30 atom stereocenters. The van der Waals surface area contributed by atoms with E-state index in [4.69, 9.17) is 106 Å². The number of aromatic nitrogens is 23. The molecule has 23 N–H and O–H groups in total. The zero-order valence-electron chi connectivity index (χ0n) is 71.3. The van der Waals surface area contributed by atoms with Crippen molar-refractivity contribution in [2.45, 2.75) is 161 Å². The summed E-state index contributed by atoms with van der Waals surface area (Å²) in [5.41, 5.74) is 21.2. The van der Waals surface area contributed by atoms with E-state index in [0.29, 0.717) is 11.2 Å². The van der Waals surface area contributed by atoms with Gasteiger partial charge in [-0.3, -0.25) is 92.9 Å². The monoisotopic (exact) mass is 2090 g/mol. The Morgan fingerprint density at radius 3 is 1.11 bits per heavy atom. The van der Waals surface area contributed by atoms with Crippen molar-refractivity contribution in [3.63, 3.8) is 0 Å². The van der Waals surface area contributed by atoms with E-state index in [1.54, 1.807) is 0 Å². The van der Waals surface area contributed by atoms with Crippen LogP contribution in [0.1, 0.15) is 49.0 Å². The Kier molecular flexibility index (Phi) is 26.7. The molecule has 21 rings (SSSR count). The first-order chi connectivity index (χ1) is 66.3. The van der Waals surface area contributed by atoms with E-state index in [9.17, 15) is 101 Å². The molecule has 756 valence electrons. The van der Waals surface area contributed by atoms with Crippen LogP contribution in [0.2, 0.25) is 0 Å². The summed E-state index contributed by atoms with van der Waals surface area (Å²) in [5, 5.41) is 55.6. The largest absolute Gasteiger partial charge is 0.472 e. The van der Waals surface area contributed by atoms with E-state index in [0.717, 1.165) is 23.5 Å². The molecule has 73 heteroatoms. The van der Waals surface area contributed by atoms with Gasteiger partial charge in [-0.25, -0.2) is 68.3 Å². The molecule has 9 fully saturated rings. The molecule has 0 spiro atoms. The number of aliphatic hydroxyl groups is 5. The van der Waals surface area contributed by atoms with Gasteiger partial charge >= 0.3 is 46.0 Å². The Morgan fingerprint density at radius 1 is 0.350 bits per heavy atom. The third-order valence-corrected chi connectivity index (χ3v) is 29.2. The summed E-state index contributed by atoms with van der Waals surface area (Å²) in [6.07, 6.45) is -30.4. The summed E-state index contributed by atoms with van der Waals surface area (Å²) in [7, 11) is -28.8. The number of phosphoric ester groups is 2. The number of halogens is 1. The minimum Gasteiger partial charge on any atom is -0.397 e. The maximum Gasteiger partial charge on any atom is 0.472 e. The Balaban J connectivity index is 0.000000134. The van der Waals surface area contributed by atoms with Crippen LogP contribution >= 0.6 is 46.0 Å². The number of aromatic amines is 4. The van der Waals surface area contributed by atoms with Crippen molar-refractivity contribution in [3.8, 4) is 0 Å². The lowest BCUT2D eigenvalue weighted by molar-refractivity contribution is -0.0696. The van der Waals surface area contributed by atoms with E-state index in [2.05, 4.69) is 84.7 Å². The van der Waals surface area contributed by atoms with Gasteiger partial charge in [0.2, 0.25) is 11.9 Å². The molecule has 0 aromatic carbocycles. The average Bonchev–Trinajstić information content (AvgIpc) is 1.62. The SMILES string of the molecule is Cc1nc2c(ncn2[C@@H]2O[C@@H]3COP(=O)(O)CO[C@@H]4C(O)[C@H](n5cnc6c(=O)[nH]c(N)nc65)O[C@@H]4COP(=O)(O)COC2[C@H]3O)c(=O)[nH]1.Cc1nc2c(ncn2[C@@H]2O[C@@H]3COP(=O)(O)OC4[C@@H](O)[C@@H](COP(=O)(O)CO[C@@H]3C2O)O[C@H]4n2cnc3c(N)ncnc32)c(=O)[nH]1.Nc1nc2c(ncn2[C@@H]2O[C@@H]3COP(=O)(O)COC4[C@@H](O)[C@@H](COP(=O)(O)O[C@@H]3C2F)O[C@H]4n2cnc3c(N)ccnc32)c(=O)[nH]1. The normalized spacial score (nSPS) is 37.1. The summed E-state index contributed by atoms with van der Waals surface area (Å²) in [5.74, 6) is -0.0300. The number of aryl methyl sites for hydroxylation is 2. The Bertz CT molecular complexity index is 7330. The fourth-order valence-corrected chi connectivity index (χ4v) is 21.8. The van der Waals surface area contributed by atoms with Gasteiger partial charge in [0, 0.05) is 6.20 Å². The number of aliphatic hydroxyl groups excluding tert-OH is 5. The maximum absolute atomic E-state index is 16.0. The topological polar surface area (TPSA) is 924 Å². The fourth-order valence-electron chi connectivity index (χ4n) is 16.7. The number of hydrogen-bond donors (Lipinski definition) is 19. The van der Waals surface area contributed by atoms with E-state index in [1.807, 2.05) is 0 Å². The second-order valence-electron chi connectivity index (χ2n) is 32.5. The van der Waals surface area contributed by atoms with Crippen LogP contribution in [-0.4, -0.2) is 342 Å². The number of pyridine rings is 1. The first kappa shape index (κ1) is 98.7. The minimum absolute atomic E-state index is 0.0310. The number of imidazole rings is 6. The number of ether oxygens (including phenoxy) is 10. The zero-order valence-corrected chi connectivity index (χ0v) is 76.7. The molecule has 0 saturated carbocycles. The lowest BCUT2D eigenvalue weighted by Crippen LogP contribution is -2.38. The van der Waals surface area contributed by atoms with Crippen LogP contribution in [0.4, 0.5) is 27.8 Å². The van der Waals surface area contributed by atoms with Crippen LogP contribution in [0, 0.1) is 13.8 Å². The van der Waals surface area contributed by atoms with Crippen molar-refractivity contribution in [3.05, 3.63) is 110 Å². The van der Waals surface area contributed by atoms with Crippen molar-refractivity contribution in [1.82, 2.24) is 112 Å². The number of alkyl halides is 1. The number of fused-ring (bicyclic) bond motifs is 15. The van der Waals surface area contributed by atoms with Gasteiger partial charge in [0.15, 0.2) is 105 Å². The number of nitrogens with one attached hydrogen (secondary N) is 4. The number of rotatable bonds is 6. The van der Waals surface area contributed by atoms with E-state index in [-0.39, 0.29) is 90.8 Å². The molecule has 9 aliphatic heterocycles. The molecule has 0 amide bonds. The van der Waals surface area contributed by atoms with Gasteiger partial charge in [-0.2, -0.15) is 9.97 Å². The molecule has 9 aliphatic rings. The number of hydrogen-bond acceptors (Lipinski definition) is 50. The van der Waals surface area contributed by atoms with Gasteiger partial charge < -0.3 is 153 Å². The number of nitrogen functional groups attached to an aromatic ring is 4. The highest BCUT2D eigenvalue weighted by molar-refractivity contribution is 7.53. The summed E-state index contributed by atoms with van der Waals surface area (Å²) >= 11 is 0. The Labute approximate surface area is 774 Å². The molecule has 66 nitrogen and oxygen atoms in total. The third kappa shape index (κ3) is 19.4. The summed E-state index contributed by atoms with van der Waals surface area (Å²) in [6, 6.07) is 1.52. The van der Waals surface area contributed by atoms with Crippen molar-refractivity contribution in [2.75, 3.05) is 88.0 Å². The predicted molar refractivity (Wildman–Crippen MR) is 454 cm³/mol. The van der Waals surface area contributed by atoms with E-state index in [1.165, 1.54) is 74.3 Å². The van der Waals surface area contributed by atoms with Gasteiger partial charge in [0.05, 0.1) is 83.3 Å². The van der Waals surface area contributed by atoms with Gasteiger partial charge in [-0.05, 0) is 19.9 Å². The van der Waals surface area contributed by atoms with Crippen molar-refractivity contribution >= 4 is 136 Å². The third-order valence-electron chi connectivity index (χ3n) is 23.1. The minimum atomic E-state index is -5.16. The van der Waals surface area contributed by atoms with Crippen LogP contribution in [0.15, 0.2) is 75.7 Å². The Hall–Kier alpha value is -10.1. The summed E-state index contributed by atoms with van der Waals surface area (Å²) in [4.78, 5) is 176. The lowest BCUT2D eigenvalue weighted by atomic mass is 10.1. The number of nitrogens with two attached hydrogens (primary N) is 4. The smallest absolute Gasteiger partial charge is 0.397 e. The lowest BCUT2D eigenvalue weighted by Gasteiger charge is -2.26. The van der Waals surface area contributed by atoms with E-state index < -0.39 is 281 Å². The summed E-state index contributed by atoms with van der Waals surface area (Å²) < 4.78 is 201. The Morgan fingerprint density at radius 2 is 0.664 bits per heavy atom. The molecule has 12 aromatic heterocycles. The van der Waals surface area contributed by atoms with Crippen LogP contribution in [0.3, 0.4) is 0 Å². The van der Waals surface area contributed by atoms with Gasteiger partial charge in [0.25, 0.3) is 22.2 Å². The molecular weight excluding hydrogens is 2010 g/mol. The maximum atomic E-state index is 16.0.